The molecule has 0 aromatic heterocycles. The maximum atomic E-state index is 13.1. The van der Waals surface area contributed by atoms with Gasteiger partial charge < -0.3 is 9.84 Å². The van der Waals surface area contributed by atoms with Gasteiger partial charge in [-0.1, -0.05) is 0 Å². The first kappa shape index (κ1) is 17.4. The van der Waals surface area contributed by atoms with Gasteiger partial charge in [-0.3, -0.25) is 0 Å². The second-order valence-corrected chi connectivity index (χ2v) is 3.87. The number of rotatable bonds is 6. The predicted molar refractivity (Wildman–Crippen MR) is 47.7 cm³/mol. The van der Waals surface area contributed by atoms with Crippen LogP contribution >= 0.6 is 0 Å². The molecule has 0 bridgehead atoms. The molecule has 0 aliphatic rings. The van der Waals surface area contributed by atoms with Crippen molar-refractivity contribution in [2.24, 2.45) is 0 Å². The summed E-state index contributed by atoms with van der Waals surface area (Å²) in [5.41, 5.74) is -3.54. The predicted octanol–water partition coefficient (Wildman–Crippen LogP) is 3.00. The summed E-state index contributed by atoms with van der Waals surface area (Å²) in [5.74, 6) is -12.0. The van der Waals surface area contributed by atoms with Crippen molar-refractivity contribution in [2.75, 3.05) is 13.2 Å². The molecule has 1 atom stereocenters. The zero-order valence-corrected chi connectivity index (χ0v) is 9.62. The third-order valence-electron chi connectivity index (χ3n) is 2.36. The highest BCUT2D eigenvalue weighted by Gasteiger charge is 2.78. The molecular formula is C9H13F7O2. The summed E-state index contributed by atoms with van der Waals surface area (Å²) in [6.45, 7) is 1.17. The maximum absolute atomic E-state index is 13.1. The van der Waals surface area contributed by atoms with Crippen LogP contribution in [-0.4, -0.2) is 41.9 Å². The SMILES string of the molecule is CCOCC[C@@](C)(O)C(F)(F)C(F)(F)C(F)(F)F. The Morgan fingerprint density at radius 2 is 1.39 bits per heavy atom. The Morgan fingerprint density at radius 1 is 0.944 bits per heavy atom. The van der Waals surface area contributed by atoms with E-state index < -0.39 is 36.7 Å². The molecule has 0 rings (SSSR count). The van der Waals surface area contributed by atoms with E-state index in [1.54, 1.807) is 0 Å². The van der Waals surface area contributed by atoms with Gasteiger partial charge in [-0.15, -0.1) is 0 Å². The van der Waals surface area contributed by atoms with Crippen molar-refractivity contribution in [3.8, 4) is 0 Å². The summed E-state index contributed by atoms with van der Waals surface area (Å²) >= 11 is 0. The first-order chi connectivity index (χ1) is 7.81. The van der Waals surface area contributed by atoms with Crippen molar-refractivity contribution in [1.29, 1.82) is 0 Å². The Kier molecular flexibility index (Phi) is 5.03. The molecule has 0 unspecified atom stereocenters. The molecule has 0 heterocycles. The van der Waals surface area contributed by atoms with E-state index in [9.17, 15) is 30.7 Å². The van der Waals surface area contributed by atoms with Crippen molar-refractivity contribution >= 4 is 0 Å². The summed E-state index contributed by atoms with van der Waals surface area (Å²) in [5, 5.41) is 9.16. The number of aliphatic hydroxyl groups is 1. The average Bonchev–Trinajstić information content (AvgIpc) is 2.15. The molecule has 0 aromatic rings. The average molecular weight is 286 g/mol. The molecule has 0 fully saturated rings. The van der Waals surface area contributed by atoms with Gasteiger partial charge in [0.05, 0.1) is 0 Å². The Hall–Kier alpha value is -0.570. The smallest absolute Gasteiger partial charge is 0.384 e. The van der Waals surface area contributed by atoms with Gasteiger partial charge in [-0.05, 0) is 13.8 Å². The standard InChI is InChI=1S/C9H13F7O2/c1-3-18-5-4-6(2,17)7(10,11)8(12,13)9(14,15)16/h17H,3-5H2,1-2H3/t6-/m1/s1. The van der Waals surface area contributed by atoms with E-state index in [2.05, 4.69) is 4.74 Å². The molecule has 0 radical (unpaired) electrons. The lowest BCUT2D eigenvalue weighted by Crippen LogP contribution is -2.63. The quantitative estimate of drug-likeness (QED) is 0.601. The number of hydrogen-bond donors (Lipinski definition) is 1. The van der Waals surface area contributed by atoms with Gasteiger partial charge in [-0.2, -0.15) is 30.7 Å². The highest BCUT2D eigenvalue weighted by atomic mass is 19.4. The summed E-state index contributed by atoms with van der Waals surface area (Å²) in [7, 11) is 0. The molecule has 0 amide bonds. The van der Waals surface area contributed by atoms with E-state index in [1.807, 2.05) is 0 Å². The van der Waals surface area contributed by atoms with Crippen LogP contribution in [-0.2, 0) is 4.74 Å². The number of ether oxygens (including phenoxy) is 1. The fourth-order valence-electron chi connectivity index (χ4n) is 1.09. The minimum Gasteiger partial charge on any atom is -0.384 e. The van der Waals surface area contributed by atoms with E-state index >= 15 is 0 Å². The van der Waals surface area contributed by atoms with E-state index in [1.165, 1.54) is 6.92 Å². The second-order valence-electron chi connectivity index (χ2n) is 3.87. The van der Waals surface area contributed by atoms with Gasteiger partial charge in [-0.25, -0.2) is 0 Å². The van der Waals surface area contributed by atoms with Crippen LogP contribution in [0.5, 0.6) is 0 Å². The molecule has 0 aliphatic heterocycles. The molecular weight excluding hydrogens is 273 g/mol. The monoisotopic (exact) mass is 286 g/mol. The fourth-order valence-corrected chi connectivity index (χ4v) is 1.09. The third-order valence-corrected chi connectivity index (χ3v) is 2.36. The first-order valence-corrected chi connectivity index (χ1v) is 4.93. The van der Waals surface area contributed by atoms with Crippen molar-refractivity contribution in [2.45, 2.75) is 43.9 Å². The van der Waals surface area contributed by atoms with Crippen LogP contribution in [0.1, 0.15) is 20.3 Å². The highest BCUT2D eigenvalue weighted by molar-refractivity contribution is 5.02. The summed E-state index contributed by atoms with van der Waals surface area (Å²) in [6.07, 6.45) is -7.51. The Labute approximate surface area is 98.7 Å². The molecule has 0 saturated heterocycles. The molecule has 110 valence electrons. The molecule has 0 spiro atoms. The Morgan fingerprint density at radius 3 is 1.72 bits per heavy atom. The van der Waals surface area contributed by atoms with Crippen LogP contribution in [0.2, 0.25) is 0 Å². The summed E-state index contributed by atoms with van der Waals surface area (Å²) in [4.78, 5) is 0. The second kappa shape index (κ2) is 5.20. The molecule has 18 heavy (non-hydrogen) atoms. The van der Waals surface area contributed by atoms with Crippen molar-refractivity contribution in [3.05, 3.63) is 0 Å². The summed E-state index contributed by atoms with van der Waals surface area (Å²) < 4.78 is 91.7. The van der Waals surface area contributed by atoms with E-state index in [0.717, 1.165) is 0 Å². The molecule has 0 saturated carbocycles. The summed E-state index contributed by atoms with van der Waals surface area (Å²) in [6, 6.07) is 0. The van der Waals surface area contributed by atoms with Crippen LogP contribution in [0.4, 0.5) is 30.7 Å². The maximum Gasteiger partial charge on any atom is 0.459 e. The Balaban J connectivity index is 5.11. The van der Waals surface area contributed by atoms with Gasteiger partial charge in [0.1, 0.15) is 5.60 Å². The van der Waals surface area contributed by atoms with Crippen LogP contribution in [0.3, 0.4) is 0 Å². The fraction of sp³-hybridized carbons (Fsp3) is 1.00. The topological polar surface area (TPSA) is 29.5 Å². The van der Waals surface area contributed by atoms with E-state index in [-0.39, 0.29) is 13.5 Å². The zero-order chi connectivity index (χ0) is 14.8. The number of alkyl halides is 7. The molecule has 2 nitrogen and oxygen atoms in total. The van der Waals surface area contributed by atoms with Crippen molar-refractivity contribution < 1.29 is 40.6 Å². The first-order valence-electron chi connectivity index (χ1n) is 4.93. The van der Waals surface area contributed by atoms with Gasteiger partial charge in [0, 0.05) is 19.6 Å². The lowest BCUT2D eigenvalue weighted by atomic mass is 9.89. The van der Waals surface area contributed by atoms with E-state index in [0.29, 0.717) is 0 Å². The van der Waals surface area contributed by atoms with E-state index in [4.69, 9.17) is 5.11 Å². The van der Waals surface area contributed by atoms with Crippen LogP contribution in [0.25, 0.3) is 0 Å². The van der Waals surface area contributed by atoms with Crippen molar-refractivity contribution in [1.82, 2.24) is 0 Å². The van der Waals surface area contributed by atoms with Crippen LogP contribution in [0.15, 0.2) is 0 Å². The zero-order valence-electron chi connectivity index (χ0n) is 9.62. The molecule has 0 aromatic carbocycles. The lowest BCUT2D eigenvalue weighted by Gasteiger charge is -2.38. The molecule has 1 N–H and O–H groups in total. The Bertz CT molecular complexity index is 273. The van der Waals surface area contributed by atoms with Gasteiger partial charge >= 0.3 is 18.0 Å². The minimum atomic E-state index is -6.45. The van der Waals surface area contributed by atoms with Crippen LogP contribution in [0, 0.1) is 0 Å². The minimum absolute atomic E-state index is 0.0529. The third kappa shape index (κ3) is 3.05. The largest absolute Gasteiger partial charge is 0.459 e. The van der Waals surface area contributed by atoms with Crippen LogP contribution < -0.4 is 0 Å². The molecule has 9 heteroatoms. The van der Waals surface area contributed by atoms with Gasteiger partial charge in [0.15, 0.2) is 0 Å². The number of halogens is 7. The normalized spacial score (nSPS) is 17.7. The number of hydrogen-bond acceptors (Lipinski definition) is 2. The van der Waals surface area contributed by atoms with Gasteiger partial charge in [0.25, 0.3) is 0 Å². The van der Waals surface area contributed by atoms with Gasteiger partial charge in [0.2, 0.25) is 0 Å². The highest BCUT2D eigenvalue weighted by Crippen LogP contribution is 2.51. The van der Waals surface area contributed by atoms with Crippen molar-refractivity contribution in [3.63, 3.8) is 0 Å². The molecule has 0 aliphatic carbocycles. The lowest BCUT2D eigenvalue weighted by molar-refractivity contribution is -0.386.